The lowest BCUT2D eigenvalue weighted by molar-refractivity contribution is -0.120. The maximum atomic E-state index is 12.2. The first-order valence-electron chi connectivity index (χ1n) is 8.73. The summed E-state index contributed by atoms with van der Waals surface area (Å²) in [6.45, 7) is 3.42. The van der Waals surface area contributed by atoms with Gasteiger partial charge in [-0.15, -0.1) is 0 Å². The van der Waals surface area contributed by atoms with Crippen LogP contribution in [0.15, 0.2) is 66.9 Å². The Morgan fingerprint density at radius 2 is 1.85 bits per heavy atom. The lowest BCUT2D eigenvalue weighted by Gasteiger charge is -2.11. The Balaban J connectivity index is 1.56. The molecule has 0 aliphatic rings. The van der Waals surface area contributed by atoms with Crippen LogP contribution in [0.3, 0.4) is 0 Å². The summed E-state index contributed by atoms with van der Waals surface area (Å²) in [6, 6.07) is 20.1. The van der Waals surface area contributed by atoms with Gasteiger partial charge in [0.2, 0.25) is 5.91 Å². The molecule has 0 unspecified atom stereocenters. The first-order chi connectivity index (χ1) is 12.6. The zero-order valence-electron chi connectivity index (χ0n) is 15.2. The number of hydrogen-bond donors (Lipinski definition) is 1. The quantitative estimate of drug-likeness (QED) is 0.707. The van der Waals surface area contributed by atoms with Crippen molar-refractivity contribution in [3.05, 3.63) is 89.2 Å². The van der Waals surface area contributed by atoms with Gasteiger partial charge in [-0.1, -0.05) is 42.0 Å². The number of hydrogen-bond acceptors (Lipinski definition) is 2. The highest BCUT2D eigenvalue weighted by Gasteiger charge is 2.07. The summed E-state index contributed by atoms with van der Waals surface area (Å²) >= 11 is 0. The molecule has 2 aromatic carbocycles. The molecule has 3 rings (SSSR count). The van der Waals surface area contributed by atoms with Crippen molar-refractivity contribution in [3.8, 4) is 5.75 Å². The van der Waals surface area contributed by atoms with E-state index in [4.69, 9.17) is 4.74 Å². The maximum Gasteiger partial charge on any atom is 0.224 e. The molecule has 0 saturated carbocycles. The highest BCUT2D eigenvalue weighted by molar-refractivity contribution is 5.78. The largest absolute Gasteiger partial charge is 0.497 e. The minimum atomic E-state index is 0.0125. The van der Waals surface area contributed by atoms with Crippen molar-refractivity contribution in [1.82, 2.24) is 9.88 Å². The third-order valence-electron chi connectivity index (χ3n) is 4.35. The number of ether oxygens (including phenoxy) is 1. The van der Waals surface area contributed by atoms with Crippen LogP contribution in [-0.2, 0) is 24.3 Å². The average Bonchev–Trinajstić information content (AvgIpc) is 3.08. The van der Waals surface area contributed by atoms with Gasteiger partial charge >= 0.3 is 0 Å². The molecule has 4 heteroatoms. The van der Waals surface area contributed by atoms with Crippen LogP contribution in [0.4, 0.5) is 0 Å². The fraction of sp³-hybridized carbons (Fsp3) is 0.227. The van der Waals surface area contributed by atoms with E-state index >= 15 is 0 Å². The molecule has 134 valence electrons. The van der Waals surface area contributed by atoms with E-state index in [1.807, 2.05) is 42.6 Å². The van der Waals surface area contributed by atoms with Crippen LogP contribution in [0, 0.1) is 6.92 Å². The lowest BCUT2D eigenvalue weighted by atomic mass is 10.1. The number of nitrogens with one attached hydrogen (secondary N) is 1. The molecule has 0 fully saturated rings. The van der Waals surface area contributed by atoms with Crippen LogP contribution in [0.5, 0.6) is 5.75 Å². The van der Waals surface area contributed by atoms with Crippen LogP contribution in [0.25, 0.3) is 0 Å². The summed E-state index contributed by atoms with van der Waals surface area (Å²) in [5, 5.41) is 3.01. The number of benzene rings is 2. The third kappa shape index (κ3) is 4.76. The van der Waals surface area contributed by atoms with Crippen molar-refractivity contribution < 1.29 is 9.53 Å². The SMILES string of the molecule is COc1ccc(CC(=O)NCc2cccn2Cc2cccc(C)c2)cc1. The molecule has 1 amide bonds. The van der Waals surface area contributed by atoms with Gasteiger partial charge in [-0.3, -0.25) is 4.79 Å². The van der Waals surface area contributed by atoms with E-state index in [0.717, 1.165) is 23.6 Å². The second-order valence-electron chi connectivity index (χ2n) is 6.42. The van der Waals surface area contributed by atoms with E-state index in [9.17, 15) is 4.79 Å². The number of aryl methyl sites for hydroxylation is 1. The zero-order valence-corrected chi connectivity index (χ0v) is 15.2. The fourth-order valence-electron chi connectivity index (χ4n) is 2.95. The second kappa shape index (κ2) is 8.39. The number of methoxy groups -OCH3 is 1. The van der Waals surface area contributed by atoms with Crippen LogP contribution in [0.1, 0.15) is 22.4 Å². The molecule has 4 nitrogen and oxygen atoms in total. The number of rotatable bonds is 7. The molecular weight excluding hydrogens is 324 g/mol. The average molecular weight is 348 g/mol. The molecule has 0 aliphatic carbocycles. The standard InChI is InChI=1S/C22H24N2O2/c1-17-5-3-6-19(13-17)16-24-12-4-7-20(24)15-23-22(25)14-18-8-10-21(26-2)11-9-18/h3-13H,14-16H2,1-2H3,(H,23,25). The minimum absolute atomic E-state index is 0.0125. The molecule has 3 aromatic rings. The number of aromatic nitrogens is 1. The van der Waals surface area contributed by atoms with Gasteiger partial charge in [0, 0.05) is 18.4 Å². The summed E-state index contributed by atoms with van der Waals surface area (Å²) in [7, 11) is 1.63. The summed E-state index contributed by atoms with van der Waals surface area (Å²) < 4.78 is 7.31. The Kier molecular flexibility index (Phi) is 5.74. The van der Waals surface area contributed by atoms with Gasteiger partial charge in [0.1, 0.15) is 5.75 Å². The number of amides is 1. The van der Waals surface area contributed by atoms with E-state index in [1.54, 1.807) is 7.11 Å². The van der Waals surface area contributed by atoms with Gasteiger partial charge < -0.3 is 14.6 Å². The van der Waals surface area contributed by atoms with E-state index < -0.39 is 0 Å². The monoisotopic (exact) mass is 348 g/mol. The van der Waals surface area contributed by atoms with E-state index in [2.05, 4.69) is 41.1 Å². The number of carbonyl (C=O) groups is 1. The fourth-order valence-corrected chi connectivity index (χ4v) is 2.95. The van der Waals surface area contributed by atoms with Crippen molar-refractivity contribution >= 4 is 5.91 Å². The van der Waals surface area contributed by atoms with Crippen molar-refractivity contribution in [3.63, 3.8) is 0 Å². The second-order valence-corrected chi connectivity index (χ2v) is 6.42. The van der Waals surface area contributed by atoms with Crippen LogP contribution in [-0.4, -0.2) is 17.6 Å². The van der Waals surface area contributed by atoms with Crippen molar-refractivity contribution in [2.75, 3.05) is 7.11 Å². The van der Waals surface area contributed by atoms with Crippen molar-refractivity contribution in [1.29, 1.82) is 0 Å². The van der Waals surface area contributed by atoms with Crippen LogP contribution in [0.2, 0.25) is 0 Å². The Morgan fingerprint density at radius 3 is 2.58 bits per heavy atom. The Hall–Kier alpha value is -3.01. The zero-order chi connectivity index (χ0) is 18.4. The highest BCUT2D eigenvalue weighted by Crippen LogP contribution is 2.12. The van der Waals surface area contributed by atoms with E-state index in [-0.39, 0.29) is 5.91 Å². The molecular formula is C22H24N2O2. The Morgan fingerprint density at radius 1 is 1.04 bits per heavy atom. The highest BCUT2D eigenvalue weighted by atomic mass is 16.5. The van der Waals surface area contributed by atoms with Gasteiger partial charge in [-0.2, -0.15) is 0 Å². The van der Waals surface area contributed by atoms with Gasteiger partial charge in [-0.25, -0.2) is 0 Å². The molecule has 1 N–H and O–H groups in total. The molecule has 1 heterocycles. The maximum absolute atomic E-state index is 12.2. The minimum Gasteiger partial charge on any atom is -0.497 e. The van der Waals surface area contributed by atoms with Crippen molar-refractivity contribution in [2.45, 2.75) is 26.4 Å². The van der Waals surface area contributed by atoms with Crippen molar-refractivity contribution in [2.24, 2.45) is 0 Å². The number of nitrogens with zero attached hydrogens (tertiary/aromatic N) is 1. The van der Waals surface area contributed by atoms with E-state index in [1.165, 1.54) is 11.1 Å². The summed E-state index contributed by atoms with van der Waals surface area (Å²) in [6.07, 6.45) is 2.41. The third-order valence-corrected chi connectivity index (χ3v) is 4.35. The smallest absolute Gasteiger partial charge is 0.224 e. The van der Waals surface area contributed by atoms with Gasteiger partial charge in [0.25, 0.3) is 0 Å². The molecule has 0 saturated heterocycles. The first-order valence-corrected chi connectivity index (χ1v) is 8.73. The van der Waals surface area contributed by atoms with Crippen LogP contribution >= 0.6 is 0 Å². The normalized spacial score (nSPS) is 10.5. The summed E-state index contributed by atoms with van der Waals surface area (Å²) in [5.74, 6) is 0.807. The first kappa shape index (κ1) is 17.8. The molecule has 0 aliphatic heterocycles. The predicted molar refractivity (Wildman–Crippen MR) is 103 cm³/mol. The Labute approximate surface area is 154 Å². The molecule has 0 bridgehead atoms. The molecule has 1 aromatic heterocycles. The molecule has 0 atom stereocenters. The van der Waals surface area contributed by atoms with Crippen LogP contribution < -0.4 is 10.1 Å². The lowest BCUT2D eigenvalue weighted by Crippen LogP contribution is -2.25. The number of carbonyl (C=O) groups excluding carboxylic acids is 1. The molecule has 26 heavy (non-hydrogen) atoms. The van der Waals surface area contributed by atoms with E-state index in [0.29, 0.717) is 13.0 Å². The Bertz CT molecular complexity index is 866. The topological polar surface area (TPSA) is 43.3 Å². The predicted octanol–water partition coefficient (Wildman–Crippen LogP) is 3.71. The van der Waals surface area contributed by atoms with Gasteiger partial charge in [0.15, 0.2) is 0 Å². The van der Waals surface area contributed by atoms with Gasteiger partial charge in [0.05, 0.1) is 20.1 Å². The summed E-state index contributed by atoms with van der Waals surface area (Å²) in [4.78, 5) is 12.2. The van der Waals surface area contributed by atoms with Gasteiger partial charge in [-0.05, 0) is 42.3 Å². The molecule has 0 spiro atoms. The molecule has 0 radical (unpaired) electrons. The summed E-state index contributed by atoms with van der Waals surface area (Å²) in [5.41, 5.74) is 4.57.